The van der Waals surface area contributed by atoms with Crippen LogP contribution in [-0.4, -0.2) is 28.2 Å². The maximum Gasteiger partial charge on any atom is 0.228 e. The molecule has 1 N–H and O–H groups in total. The minimum Gasteiger partial charge on any atom is -0.339 e. The highest BCUT2D eigenvalue weighted by Crippen LogP contribution is 2.23. The molecule has 2 rings (SSSR count). The van der Waals surface area contributed by atoms with Crippen LogP contribution in [0.25, 0.3) is 11.5 Å². The van der Waals surface area contributed by atoms with Crippen LogP contribution in [0.5, 0.6) is 0 Å². The first-order valence-electron chi connectivity index (χ1n) is 6.52. The average Bonchev–Trinajstić information content (AvgIpc) is 2.84. The molecule has 0 saturated carbocycles. The van der Waals surface area contributed by atoms with Crippen molar-refractivity contribution >= 4 is 15.9 Å². The normalized spacial score (nSPS) is 13.4. The van der Waals surface area contributed by atoms with Crippen molar-refractivity contribution in [1.29, 1.82) is 0 Å². The van der Waals surface area contributed by atoms with Crippen LogP contribution in [-0.2, 0) is 6.42 Å². The summed E-state index contributed by atoms with van der Waals surface area (Å²) in [5, 5.41) is 7.29. The van der Waals surface area contributed by atoms with Crippen molar-refractivity contribution < 1.29 is 4.52 Å². The molecule has 0 radical (unpaired) electrons. The van der Waals surface area contributed by atoms with E-state index in [9.17, 15) is 0 Å². The molecule has 0 fully saturated rings. The van der Waals surface area contributed by atoms with Gasteiger partial charge in [0, 0.05) is 23.1 Å². The van der Waals surface area contributed by atoms with E-state index in [0.29, 0.717) is 23.8 Å². The van der Waals surface area contributed by atoms with Gasteiger partial charge in [-0.2, -0.15) is 4.98 Å². The van der Waals surface area contributed by atoms with E-state index in [1.54, 1.807) is 6.20 Å². The molecule has 0 amide bonds. The first-order valence-corrected chi connectivity index (χ1v) is 7.31. The summed E-state index contributed by atoms with van der Waals surface area (Å²) in [4.78, 5) is 8.68. The van der Waals surface area contributed by atoms with Crippen LogP contribution in [0.2, 0.25) is 0 Å². The smallest absolute Gasteiger partial charge is 0.228 e. The number of pyridine rings is 1. The molecule has 2 aromatic heterocycles. The Morgan fingerprint density at radius 1 is 1.35 bits per heavy atom. The van der Waals surface area contributed by atoms with Crippen LogP contribution < -0.4 is 5.32 Å². The van der Waals surface area contributed by atoms with E-state index in [1.165, 1.54) is 0 Å². The fourth-order valence-electron chi connectivity index (χ4n) is 1.97. The Labute approximate surface area is 127 Å². The number of likely N-dealkylation sites (N-methyl/N-ethyl adjacent to an activating group) is 1. The standard InChI is InChI=1S/C14H19BrN4O/c1-14(2,3)11(16-4)7-12-18-13(19-20-12)10-6-5-9(15)8-17-10/h5-6,8,11,16H,7H2,1-4H3. The fraction of sp³-hybridized carbons (Fsp3) is 0.500. The lowest BCUT2D eigenvalue weighted by Gasteiger charge is -2.29. The molecule has 1 unspecified atom stereocenters. The van der Waals surface area contributed by atoms with Gasteiger partial charge in [0.2, 0.25) is 11.7 Å². The molecule has 0 aromatic carbocycles. The number of nitrogens with zero attached hydrogens (tertiary/aromatic N) is 3. The second kappa shape index (κ2) is 6.01. The van der Waals surface area contributed by atoms with Crippen molar-refractivity contribution in [2.75, 3.05) is 7.05 Å². The third-order valence-electron chi connectivity index (χ3n) is 3.20. The maximum absolute atomic E-state index is 5.32. The zero-order chi connectivity index (χ0) is 14.8. The summed E-state index contributed by atoms with van der Waals surface area (Å²) in [5.41, 5.74) is 0.833. The van der Waals surface area contributed by atoms with E-state index < -0.39 is 0 Å². The Bertz CT molecular complexity index is 559. The van der Waals surface area contributed by atoms with Gasteiger partial charge in [-0.1, -0.05) is 25.9 Å². The molecule has 0 spiro atoms. The summed E-state index contributed by atoms with van der Waals surface area (Å²) in [5.74, 6) is 1.15. The molecule has 6 heteroatoms. The number of nitrogens with one attached hydrogen (secondary N) is 1. The summed E-state index contributed by atoms with van der Waals surface area (Å²) < 4.78 is 6.25. The van der Waals surface area contributed by atoms with Gasteiger partial charge in [-0.15, -0.1) is 0 Å². The van der Waals surface area contributed by atoms with Crippen molar-refractivity contribution in [3.05, 3.63) is 28.7 Å². The van der Waals surface area contributed by atoms with Gasteiger partial charge in [0.05, 0.1) is 0 Å². The summed E-state index contributed by atoms with van der Waals surface area (Å²) in [6.07, 6.45) is 2.42. The van der Waals surface area contributed by atoms with Crippen molar-refractivity contribution in [3.8, 4) is 11.5 Å². The molecule has 0 aliphatic rings. The zero-order valence-corrected chi connectivity index (χ0v) is 13.7. The topological polar surface area (TPSA) is 63.8 Å². The molecule has 2 heterocycles. The molecule has 0 saturated heterocycles. The third kappa shape index (κ3) is 3.64. The summed E-state index contributed by atoms with van der Waals surface area (Å²) in [6.45, 7) is 6.55. The van der Waals surface area contributed by atoms with Crippen LogP contribution in [0, 0.1) is 5.41 Å². The molecule has 2 aromatic rings. The third-order valence-corrected chi connectivity index (χ3v) is 3.67. The molecule has 5 nitrogen and oxygen atoms in total. The molecular weight excluding hydrogens is 320 g/mol. The first kappa shape index (κ1) is 15.1. The average molecular weight is 339 g/mol. The van der Waals surface area contributed by atoms with E-state index in [2.05, 4.69) is 57.1 Å². The number of rotatable bonds is 4. The summed E-state index contributed by atoms with van der Waals surface area (Å²) in [7, 11) is 1.95. The Morgan fingerprint density at radius 3 is 2.65 bits per heavy atom. The van der Waals surface area contributed by atoms with E-state index in [0.717, 1.165) is 4.47 Å². The molecule has 0 bridgehead atoms. The highest BCUT2D eigenvalue weighted by atomic mass is 79.9. The highest BCUT2D eigenvalue weighted by Gasteiger charge is 2.25. The molecule has 1 atom stereocenters. The van der Waals surface area contributed by atoms with Gasteiger partial charge in [0.25, 0.3) is 0 Å². The predicted molar refractivity (Wildman–Crippen MR) is 81.2 cm³/mol. The van der Waals surface area contributed by atoms with Crippen molar-refractivity contribution in [2.24, 2.45) is 5.41 Å². The van der Waals surface area contributed by atoms with Crippen LogP contribution in [0.3, 0.4) is 0 Å². The number of hydrogen-bond acceptors (Lipinski definition) is 5. The maximum atomic E-state index is 5.32. The lowest BCUT2D eigenvalue weighted by atomic mass is 9.85. The van der Waals surface area contributed by atoms with E-state index in [4.69, 9.17) is 4.52 Å². The van der Waals surface area contributed by atoms with Crippen LogP contribution in [0.15, 0.2) is 27.3 Å². The van der Waals surface area contributed by atoms with Crippen LogP contribution >= 0.6 is 15.9 Å². The van der Waals surface area contributed by atoms with E-state index in [-0.39, 0.29) is 11.5 Å². The second-order valence-electron chi connectivity index (χ2n) is 5.78. The SMILES string of the molecule is CNC(Cc1nc(-c2ccc(Br)cn2)no1)C(C)(C)C. The molecular formula is C14H19BrN4O. The molecule has 108 valence electrons. The Hall–Kier alpha value is -1.27. The number of hydrogen-bond donors (Lipinski definition) is 1. The fourth-order valence-corrected chi connectivity index (χ4v) is 2.20. The van der Waals surface area contributed by atoms with E-state index >= 15 is 0 Å². The van der Waals surface area contributed by atoms with Gasteiger partial charge < -0.3 is 9.84 Å². The van der Waals surface area contributed by atoms with Crippen molar-refractivity contribution in [3.63, 3.8) is 0 Å². The molecule has 0 aliphatic carbocycles. The highest BCUT2D eigenvalue weighted by molar-refractivity contribution is 9.10. The molecule has 0 aliphatic heterocycles. The zero-order valence-electron chi connectivity index (χ0n) is 12.1. The number of aromatic nitrogens is 3. The van der Waals surface area contributed by atoms with Gasteiger partial charge in [-0.3, -0.25) is 4.98 Å². The van der Waals surface area contributed by atoms with Crippen LogP contribution in [0.4, 0.5) is 0 Å². The minimum absolute atomic E-state index is 0.124. The summed E-state index contributed by atoms with van der Waals surface area (Å²) in [6, 6.07) is 4.04. The van der Waals surface area contributed by atoms with Crippen molar-refractivity contribution in [1.82, 2.24) is 20.4 Å². The summed E-state index contributed by atoms with van der Waals surface area (Å²) >= 11 is 3.35. The van der Waals surface area contributed by atoms with Gasteiger partial charge in [-0.05, 0) is 40.5 Å². The van der Waals surface area contributed by atoms with Gasteiger partial charge in [0.1, 0.15) is 5.69 Å². The quantitative estimate of drug-likeness (QED) is 0.927. The molecule has 20 heavy (non-hydrogen) atoms. The van der Waals surface area contributed by atoms with Crippen molar-refractivity contribution in [2.45, 2.75) is 33.2 Å². The first-order chi connectivity index (χ1) is 9.40. The minimum atomic E-state index is 0.124. The number of halogens is 1. The Morgan fingerprint density at radius 2 is 2.10 bits per heavy atom. The van der Waals surface area contributed by atoms with E-state index in [1.807, 2.05) is 19.2 Å². The lowest BCUT2D eigenvalue weighted by molar-refractivity contribution is 0.255. The van der Waals surface area contributed by atoms with Gasteiger partial charge in [0.15, 0.2) is 0 Å². The predicted octanol–water partition coefficient (Wildman–Crippen LogP) is 3.07. The lowest BCUT2D eigenvalue weighted by Crippen LogP contribution is -2.39. The second-order valence-corrected chi connectivity index (χ2v) is 6.70. The largest absolute Gasteiger partial charge is 0.339 e. The van der Waals surface area contributed by atoms with Crippen LogP contribution in [0.1, 0.15) is 26.7 Å². The monoisotopic (exact) mass is 338 g/mol. The Kier molecular flexibility index (Phi) is 4.55. The Balaban J connectivity index is 2.15. The van der Waals surface area contributed by atoms with Gasteiger partial charge in [-0.25, -0.2) is 0 Å². The van der Waals surface area contributed by atoms with Gasteiger partial charge >= 0.3 is 0 Å².